The minimum atomic E-state index is 0.0926. The first-order valence-corrected chi connectivity index (χ1v) is 11.4. The topological polar surface area (TPSA) is 12.0 Å². The molecule has 2 aromatic rings. The van der Waals surface area contributed by atoms with E-state index in [4.69, 9.17) is 0 Å². The van der Waals surface area contributed by atoms with Gasteiger partial charge in [-0.1, -0.05) is 104 Å². The summed E-state index contributed by atoms with van der Waals surface area (Å²) in [6, 6.07) is 19.9. The van der Waals surface area contributed by atoms with Crippen LogP contribution in [0.3, 0.4) is 0 Å². The van der Waals surface area contributed by atoms with E-state index in [-0.39, 0.29) is 5.41 Å². The van der Waals surface area contributed by atoms with Gasteiger partial charge >= 0.3 is 0 Å². The Morgan fingerprint density at radius 1 is 1.00 bits per heavy atom. The third kappa shape index (κ3) is 3.43. The highest BCUT2D eigenvalue weighted by Crippen LogP contribution is 2.53. The number of hydrogen-bond acceptors (Lipinski definition) is 1. The Morgan fingerprint density at radius 2 is 1.77 bits per heavy atom. The van der Waals surface area contributed by atoms with Gasteiger partial charge < -0.3 is 5.32 Å². The summed E-state index contributed by atoms with van der Waals surface area (Å²) in [5.41, 5.74) is 8.63. The average molecular weight is 406 g/mol. The van der Waals surface area contributed by atoms with Gasteiger partial charge in [0.2, 0.25) is 0 Å². The monoisotopic (exact) mass is 405 g/mol. The summed E-state index contributed by atoms with van der Waals surface area (Å²) in [6.45, 7) is 9.44. The maximum absolute atomic E-state index is 3.86. The second-order valence-corrected chi connectivity index (χ2v) is 9.45. The highest BCUT2D eigenvalue weighted by atomic mass is 14.9. The van der Waals surface area contributed by atoms with Gasteiger partial charge in [-0.05, 0) is 46.6 Å². The number of allylic oxidation sites excluding steroid dienone is 7. The lowest BCUT2D eigenvalue weighted by atomic mass is 9.68. The fourth-order valence-corrected chi connectivity index (χ4v) is 5.68. The molecule has 0 aliphatic heterocycles. The standard InChI is InChI=1S/C30H31N/c1-4-18-31-23-15-17-24(21-10-6-5-7-11-21)27(20-23)22-14-16-26-25-12-8-9-13-28(25)30(2,3)29(26)19-22/h4-17,20,22,24,27,31H,1,18-19H2,2-3H3. The van der Waals surface area contributed by atoms with Crippen molar-refractivity contribution in [2.24, 2.45) is 11.8 Å². The molecule has 0 radical (unpaired) electrons. The zero-order valence-corrected chi connectivity index (χ0v) is 18.5. The lowest BCUT2D eigenvalue weighted by Gasteiger charge is -2.36. The van der Waals surface area contributed by atoms with Gasteiger partial charge in [0.1, 0.15) is 0 Å². The van der Waals surface area contributed by atoms with Gasteiger partial charge in [0.05, 0.1) is 0 Å². The molecule has 31 heavy (non-hydrogen) atoms. The molecule has 0 saturated carbocycles. The van der Waals surface area contributed by atoms with Gasteiger partial charge in [0, 0.05) is 23.6 Å². The number of benzene rings is 2. The summed E-state index contributed by atoms with van der Waals surface area (Å²) >= 11 is 0. The van der Waals surface area contributed by atoms with Crippen molar-refractivity contribution in [3.8, 4) is 0 Å². The summed E-state index contributed by atoms with van der Waals surface area (Å²) in [4.78, 5) is 0. The molecule has 0 bridgehead atoms. The predicted octanol–water partition coefficient (Wildman–Crippen LogP) is 6.94. The van der Waals surface area contributed by atoms with Crippen molar-refractivity contribution < 1.29 is 0 Å². The maximum atomic E-state index is 3.86. The van der Waals surface area contributed by atoms with E-state index >= 15 is 0 Å². The van der Waals surface area contributed by atoms with Gasteiger partial charge in [0.25, 0.3) is 0 Å². The second kappa shape index (κ2) is 7.89. The molecule has 1 N–H and O–H groups in total. The second-order valence-electron chi connectivity index (χ2n) is 9.45. The predicted molar refractivity (Wildman–Crippen MR) is 132 cm³/mol. The van der Waals surface area contributed by atoms with E-state index in [2.05, 4.69) is 111 Å². The zero-order chi connectivity index (χ0) is 21.4. The first kappa shape index (κ1) is 19.9. The van der Waals surface area contributed by atoms with E-state index < -0.39 is 0 Å². The van der Waals surface area contributed by atoms with Gasteiger partial charge in [0.15, 0.2) is 0 Å². The Balaban J connectivity index is 1.49. The minimum Gasteiger partial charge on any atom is -0.382 e. The zero-order valence-electron chi connectivity index (χ0n) is 18.5. The summed E-state index contributed by atoms with van der Waals surface area (Å²) in [7, 11) is 0. The molecule has 1 heteroatoms. The molecule has 0 heterocycles. The molecule has 0 saturated heterocycles. The van der Waals surface area contributed by atoms with E-state index in [1.165, 1.54) is 28.0 Å². The van der Waals surface area contributed by atoms with Gasteiger partial charge in [-0.2, -0.15) is 0 Å². The Kier molecular flexibility index (Phi) is 5.06. The van der Waals surface area contributed by atoms with Crippen molar-refractivity contribution in [3.05, 3.63) is 126 Å². The largest absolute Gasteiger partial charge is 0.382 e. The summed E-state index contributed by atoms with van der Waals surface area (Å²) < 4.78 is 0. The molecular formula is C30H31N. The van der Waals surface area contributed by atoms with Crippen LogP contribution < -0.4 is 5.32 Å². The van der Waals surface area contributed by atoms with Crippen molar-refractivity contribution in [1.29, 1.82) is 0 Å². The van der Waals surface area contributed by atoms with Crippen LogP contribution in [0.15, 0.2) is 109 Å². The first-order valence-electron chi connectivity index (χ1n) is 11.4. The Labute approximate surface area is 186 Å². The first-order chi connectivity index (χ1) is 15.1. The molecule has 3 aliphatic carbocycles. The van der Waals surface area contributed by atoms with Crippen molar-refractivity contribution in [3.63, 3.8) is 0 Å². The molecule has 0 aromatic heterocycles. The van der Waals surface area contributed by atoms with Crippen molar-refractivity contribution >= 4 is 5.57 Å². The van der Waals surface area contributed by atoms with Crippen molar-refractivity contribution in [2.45, 2.75) is 31.6 Å². The van der Waals surface area contributed by atoms with Crippen LogP contribution in [0.4, 0.5) is 0 Å². The number of rotatable bonds is 5. The molecule has 156 valence electrons. The smallest absolute Gasteiger partial charge is 0.0328 e. The lowest BCUT2D eigenvalue weighted by Crippen LogP contribution is -2.27. The van der Waals surface area contributed by atoms with E-state index in [0.29, 0.717) is 17.8 Å². The highest BCUT2D eigenvalue weighted by Gasteiger charge is 2.41. The van der Waals surface area contributed by atoms with Crippen molar-refractivity contribution in [1.82, 2.24) is 5.32 Å². The van der Waals surface area contributed by atoms with Crippen LogP contribution in [0.5, 0.6) is 0 Å². The Bertz CT molecular complexity index is 1110. The lowest BCUT2D eigenvalue weighted by molar-refractivity contribution is 0.407. The molecule has 3 aliphatic rings. The van der Waals surface area contributed by atoms with Crippen LogP contribution in [-0.2, 0) is 5.41 Å². The van der Waals surface area contributed by atoms with Crippen LogP contribution >= 0.6 is 0 Å². The molecule has 0 spiro atoms. The van der Waals surface area contributed by atoms with Crippen LogP contribution in [0.1, 0.15) is 42.9 Å². The highest BCUT2D eigenvalue weighted by molar-refractivity contribution is 5.86. The SMILES string of the molecule is C=CCNC1=CC(C2C=CC3=C(C2)C(C)(C)c2ccccc23)C(c2ccccc2)C=C1. The normalized spacial score (nSPS) is 25.6. The third-order valence-electron chi connectivity index (χ3n) is 7.32. The Hall–Kier alpha value is -3.06. The van der Waals surface area contributed by atoms with E-state index in [9.17, 15) is 0 Å². The number of fused-ring (bicyclic) bond motifs is 2. The quantitative estimate of drug-likeness (QED) is 0.531. The maximum Gasteiger partial charge on any atom is 0.0328 e. The molecule has 5 rings (SSSR count). The molecular weight excluding hydrogens is 374 g/mol. The van der Waals surface area contributed by atoms with E-state index in [0.717, 1.165) is 13.0 Å². The summed E-state index contributed by atoms with van der Waals surface area (Å²) in [5.74, 6) is 1.28. The third-order valence-corrected chi connectivity index (χ3v) is 7.32. The number of nitrogens with one attached hydrogen (secondary N) is 1. The van der Waals surface area contributed by atoms with E-state index in [1.54, 1.807) is 5.57 Å². The molecule has 3 unspecified atom stereocenters. The molecule has 1 nitrogen and oxygen atoms in total. The van der Waals surface area contributed by atoms with Crippen LogP contribution in [0.25, 0.3) is 5.57 Å². The summed E-state index contributed by atoms with van der Waals surface area (Å²) in [5, 5.41) is 3.51. The molecule has 3 atom stereocenters. The van der Waals surface area contributed by atoms with Crippen LogP contribution in [0, 0.1) is 11.8 Å². The van der Waals surface area contributed by atoms with Crippen molar-refractivity contribution in [2.75, 3.05) is 6.54 Å². The molecule has 0 amide bonds. The number of hydrogen-bond donors (Lipinski definition) is 1. The Morgan fingerprint density at radius 3 is 2.58 bits per heavy atom. The summed E-state index contributed by atoms with van der Waals surface area (Å²) in [6.07, 6.45) is 15.0. The fraction of sp³-hybridized carbons (Fsp3) is 0.267. The van der Waals surface area contributed by atoms with Gasteiger partial charge in [-0.25, -0.2) is 0 Å². The van der Waals surface area contributed by atoms with Crippen LogP contribution in [0.2, 0.25) is 0 Å². The van der Waals surface area contributed by atoms with Gasteiger partial charge in [-0.15, -0.1) is 6.58 Å². The van der Waals surface area contributed by atoms with Gasteiger partial charge in [-0.3, -0.25) is 0 Å². The fourth-order valence-electron chi connectivity index (χ4n) is 5.68. The average Bonchev–Trinajstić information content (AvgIpc) is 3.05. The minimum absolute atomic E-state index is 0.0926. The molecule has 0 fully saturated rings. The molecule has 2 aromatic carbocycles. The van der Waals surface area contributed by atoms with E-state index in [1.807, 2.05) is 6.08 Å². The van der Waals surface area contributed by atoms with Crippen LogP contribution in [-0.4, -0.2) is 6.54 Å².